The minimum absolute atomic E-state index is 0.0348. The molecule has 0 N–H and O–H groups in total. The fourth-order valence-electron chi connectivity index (χ4n) is 4.72. The van der Waals surface area contributed by atoms with Gasteiger partial charge in [-0.1, -0.05) is 36.5 Å². The van der Waals surface area contributed by atoms with Gasteiger partial charge in [-0.15, -0.1) is 13.2 Å². The summed E-state index contributed by atoms with van der Waals surface area (Å²) in [4.78, 5) is 53.6. The molecule has 36 heavy (non-hydrogen) atoms. The zero-order chi connectivity index (χ0) is 27.2. The Morgan fingerprint density at radius 2 is 1.17 bits per heavy atom. The van der Waals surface area contributed by atoms with Crippen LogP contribution >= 0.6 is 0 Å². The number of esters is 4. The third kappa shape index (κ3) is 6.53. The Hall–Kier alpha value is -3.16. The third-order valence-corrected chi connectivity index (χ3v) is 6.37. The minimum Gasteiger partial charge on any atom is -0.465 e. The van der Waals surface area contributed by atoms with E-state index in [1.807, 2.05) is 6.08 Å². The maximum Gasteiger partial charge on any atom is 0.324 e. The molecule has 0 amide bonds. The van der Waals surface area contributed by atoms with Crippen molar-refractivity contribution in [3.63, 3.8) is 0 Å². The second-order valence-corrected chi connectivity index (χ2v) is 8.40. The van der Waals surface area contributed by atoms with Gasteiger partial charge in [-0.25, -0.2) is 0 Å². The smallest absolute Gasteiger partial charge is 0.324 e. The normalized spacial score (nSPS) is 19.6. The summed E-state index contributed by atoms with van der Waals surface area (Å²) >= 11 is 0. The maximum absolute atomic E-state index is 13.4. The van der Waals surface area contributed by atoms with E-state index in [0.717, 1.165) is 0 Å². The lowest BCUT2D eigenvalue weighted by atomic mass is 9.62. The van der Waals surface area contributed by atoms with Crippen LogP contribution in [-0.4, -0.2) is 50.3 Å². The first-order valence-corrected chi connectivity index (χ1v) is 12.5. The van der Waals surface area contributed by atoms with E-state index >= 15 is 0 Å². The molecule has 8 nitrogen and oxygen atoms in total. The lowest BCUT2D eigenvalue weighted by Gasteiger charge is -2.41. The molecule has 8 heteroatoms. The molecule has 0 heterocycles. The molecule has 0 bridgehead atoms. The largest absolute Gasteiger partial charge is 0.465 e. The van der Waals surface area contributed by atoms with Gasteiger partial charge < -0.3 is 18.9 Å². The SMILES string of the molecule is C=CCC(C(=O)OCC)(C(=O)OCC)[C@H]1C/C=C\C=C/[C@@H](C(CC=C)(C(=O)OCC)C(=O)OCC)C1. The zero-order valence-corrected chi connectivity index (χ0v) is 22.0. The molecule has 1 aliphatic rings. The Morgan fingerprint density at radius 3 is 1.58 bits per heavy atom. The van der Waals surface area contributed by atoms with Crippen LogP contribution in [0.1, 0.15) is 53.4 Å². The van der Waals surface area contributed by atoms with Gasteiger partial charge in [0.05, 0.1) is 26.4 Å². The van der Waals surface area contributed by atoms with Gasteiger partial charge in [-0.3, -0.25) is 19.2 Å². The van der Waals surface area contributed by atoms with Gasteiger partial charge in [0, 0.05) is 5.92 Å². The number of hydrogen-bond donors (Lipinski definition) is 0. The second kappa shape index (κ2) is 15.1. The summed E-state index contributed by atoms with van der Waals surface area (Å²) in [6.07, 6.45) is 10.3. The summed E-state index contributed by atoms with van der Waals surface area (Å²) in [5.41, 5.74) is -3.47. The first-order valence-electron chi connectivity index (χ1n) is 12.5. The molecule has 0 spiro atoms. The van der Waals surface area contributed by atoms with E-state index in [1.165, 1.54) is 12.2 Å². The van der Waals surface area contributed by atoms with Crippen LogP contribution in [-0.2, 0) is 38.1 Å². The fraction of sp³-hybridized carbons (Fsp3) is 0.571. The Kier molecular flexibility index (Phi) is 12.9. The van der Waals surface area contributed by atoms with Crippen molar-refractivity contribution in [2.24, 2.45) is 22.7 Å². The van der Waals surface area contributed by atoms with Crippen molar-refractivity contribution >= 4 is 23.9 Å². The Bertz CT molecular complexity index is 818. The highest BCUT2D eigenvalue weighted by atomic mass is 16.6. The Labute approximate surface area is 214 Å². The zero-order valence-electron chi connectivity index (χ0n) is 22.0. The molecule has 200 valence electrons. The van der Waals surface area contributed by atoms with Gasteiger partial charge in [-0.05, 0) is 59.3 Å². The quantitative estimate of drug-likeness (QED) is 0.147. The topological polar surface area (TPSA) is 105 Å². The van der Waals surface area contributed by atoms with Crippen LogP contribution in [0, 0.1) is 22.7 Å². The van der Waals surface area contributed by atoms with Gasteiger partial charge in [0.2, 0.25) is 0 Å². The molecule has 0 aliphatic heterocycles. The summed E-state index contributed by atoms with van der Waals surface area (Å²) < 4.78 is 21.4. The number of allylic oxidation sites excluding steroid dienone is 6. The summed E-state index contributed by atoms with van der Waals surface area (Å²) in [6, 6.07) is 0. The van der Waals surface area contributed by atoms with Crippen molar-refractivity contribution in [1.29, 1.82) is 0 Å². The second-order valence-electron chi connectivity index (χ2n) is 8.40. The fourth-order valence-corrected chi connectivity index (χ4v) is 4.72. The van der Waals surface area contributed by atoms with E-state index in [4.69, 9.17) is 18.9 Å². The summed E-state index contributed by atoms with van der Waals surface area (Å²) in [6.45, 7) is 14.4. The first kappa shape index (κ1) is 30.9. The minimum atomic E-state index is -1.75. The van der Waals surface area contributed by atoms with E-state index in [9.17, 15) is 19.2 Å². The standard InChI is InChI=1S/C28H40O8/c1-7-18-27(23(29)33-9-3,24(30)34-10-4)21-16-14-13-15-17-22(20-21)28(19-8-2,25(31)35-11-5)26(32)36-12-6/h7-8,13-16,21-22H,1-2,9-12,17-20H2,3-6H3/b15-13-,16-14-/t21-,22+/m1/s1. The molecular weight excluding hydrogens is 464 g/mol. The van der Waals surface area contributed by atoms with Crippen LogP contribution in [0.4, 0.5) is 0 Å². The van der Waals surface area contributed by atoms with Crippen LogP contribution < -0.4 is 0 Å². The summed E-state index contributed by atoms with van der Waals surface area (Å²) in [5, 5.41) is 0. The van der Waals surface area contributed by atoms with E-state index < -0.39 is 46.5 Å². The number of rotatable bonds is 14. The third-order valence-electron chi connectivity index (χ3n) is 6.37. The van der Waals surface area contributed by atoms with Crippen LogP contribution in [0.5, 0.6) is 0 Å². The van der Waals surface area contributed by atoms with Crippen molar-refractivity contribution in [3.05, 3.63) is 49.6 Å². The number of carbonyl (C=O) groups excluding carboxylic acids is 4. The maximum atomic E-state index is 13.4. The lowest BCUT2D eigenvalue weighted by molar-refractivity contribution is -0.179. The van der Waals surface area contributed by atoms with E-state index in [-0.39, 0.29) is 45.7 Å². The summed E-state index contributed by atoms with van der Waals surface area (Å²) in [7, 11) is 0. The average Bonchev–Trinajstić information content (AvgIpc) is 2.82. The highest BCUT2D eigenvalue weighted by molar-refractivity contribution is 6.02. The molecule has 0 aromatic heterocycles. The number of carbonyl (C=O) groups is 4. The Morgan fingerprint density at radius 1 is 0.750 bits per heavy atom. The average molecular weight is 505 g/mol. The van der Waals surface area contributed by atoms with Gasteiger partial charge in [0.25, 0.3) is 0 Å². The predicted octanol–water partition coefficient (Wildman–Crippen LogP) is 4.50. The van der Waals surface area contributed by atoms with Gasteiger partial charge in [0.15, 0.2) is 10.8 Å². The Balaban J connectivity index is 3.83. The molecule has 0 aromatic carbocycles. The number of ether oxygens (including phenoxy) is 4. The van der Waals surface area contributed by atoms with Crippen molar-refractivity contribution in [2.75, 3.05) is 26.4 Å². The molecule has 1 rings (SSSR count). The van der Waals surface area contributed by atoms with Gasteiger partial charge in [0.1, 0.15) is 0 Å². The van der Waals surface area contributed by atoms with Crippen molar-refractivity contribution in [1.82, 2.24) is 0 Å². The lowest BCUT2D eigenvalue weighted by Crippen LogP contribution is -2.52. The van der Waals surface area contributed by atoms with Gasteiger partial charge in [-0.2, -0.15) is 0 Å². The van der Waals surface area contributed by atoms with Crippen LogP contribution in [0.2, 0.25) is 0 Å². The highest BCUT2D eigenvalue weighted by Crippen LogP contribution is 2.48. The van der Waals surface area contributed by atoms with Crippen molar-refractivity contribution in [2.45, 2.75) is 53.4 Å². The predicted molar refractivity (Wildman–Crippen MR) is 136 cm³/mol. The molecule has 0 fully saturated rings. The van der Waals surface area contributed by atoms with Crippen LogP contribution in [0.25, 0.3) is 0 Å². The first-order chi connectivity index (χ1) is 17.3. The van der Waals surface area contributed by atoms with E-state index in [1.54, 1.807) is 45.9 Å². The molecule has 0 radical (unpaired) electrons. The van der Waals surface area contributed by atoms with E-state index in [0.29, 0.717) is 6.42 Å². The van der Waals surface area contributed by atoms with Crippen molar-refractivity contribution in [3.8, 4) is 0 Å². The highest BCUT2D eigenvalue weighted by Gasteiger charge is 2.58. The number of hydrogen-bond acceptors (Lipinski definition) is 8. The van der Waals surface area contributed by atoms with E-state index in [2.05, 4.69) is 13.2 Å². The monoisotopic (exact) mass is 504 g/mol. The molecule has 0 saturated carbocycles. The van der Waals surface area contributed by atoms with Crippen LogP contribution in [0.3, 0.4) is 0 Å². The molecule has 0 saturated heterocycles. The van der Waals surface area contributed by atoms with Crippen molar-refractivity contribution < 1.29 is 38.1 Å². The molecule has 0 unspecified atom stereocenters. The molecule has 1 aliphatic carbocycles. The van der Waals surface area contributed by atoms with Gasteiger partial charge >= 0.3 is 23.9 Å². The molecular formula is C28H40O8. The molecule has 2 atom stereocenters. The van der Waals surface area contributed by atoms with Crippen LogP contribution in [0.15, 0.2) is 49.6 Å². The summed E-state index contributed by atoms with van der Waals surface area (Å²) in [5.74, 6) is -4.42. The molecule has 0 aromatic rings.